The second-order valence-corrected chi connectivity index (χ2v) is 5.02. The third kappa shape index (κ3) is 4.45. The first-order valence-electron chi connectivity index (χ1n) is 7.15. The van der Waals surface area contributed by atoms with Crippen molar-refractivity contribution in [2.24, 2.45) is 0 Å². The van der Waals surface area contributed by atoms with Gasteiger partial charge < -0.3 is 15.4 Å². The summed E-state index contributed by atoms with van der Waals surface area (Å²) in [5, 5.41) is 6.14. The summed E-state index contributed by atoms with van der Waals surface area (Å²) in [7, 11) is 1.60. The van der Waals surface area contributed by atoms with Crippen molar-refractivity contribution in [2.45, 2.75) is 38.1 Å². The number of carbonyl (C=O) groups excluding carboxylic acids is 1. The monoisotopic (exact) mass is 278 g/mol. The first kappa shape index (κ1) is 14.7. The van der Waals surface area contributed by atoms with Gasteiger partial charge in [0.1, 0.15) is 17.8 Å². The highest BCUT2D eigenvalue weighted by Crippen LogP contribution is 2.20. The van der Waals surface area contributed by atoms with Gasteiger partial charge in [-0.1, -0.05) is 19.3 Å². The smallest absolute Gasteiger partial charge is 0.270 e. The van der Waals surface area contributed by atoms with Crippen LogP contribution in [0.15, 0.2) is 12.4 Å². The molecule has 0 bridgehead atoms. The summed E-state index contributed by atoms with van der Waals surface area (Å²) in [5.74, 6) is 0.528. The molecule has 1 aliphatic carbocycles. The maximum atomic E-state index is 11.9. The maximum absolute atomic E-state index is 11.9. The van der Waals surface area contributed by atoms with Crippen molar-refractivity contribution in [3.8, 4) is 0 Å². The number of ether oxygens (including phenoxy) is 1. The number of carbonyl (C=O) groups is 1. The first-order valence-corrected chi connectivity index (χ1v) is 7.15. The number of methoxy groups -OCH3 is 1. The molecule has 1 aliphatic rings. The molecule has 1 aromatic rings. The number of rotatable bonds is 6. The molecule has 0 aromatic carbocycles. The van der Waals surface area contributed by atoms with Crippen LogP contribution in [0.3, 0.4) is 0 Å². The third-order valence-electron chi connectivity index (χ3n) is 3.45. The van der Waals surface area contributed by atoms with Gasteiger partial charge in [0.2, 0.25) is 0 Å². The Kier molecular flexibility index (Phi) is 5.73. The molecule has 0 aliphatic heterocycles. The van der Waals surface area contributed by atoms with Gasteiger partial charge in [0.15, 0.2) is 0 Å². The van der Waals surface area contributed by atoms with Crippen LogP contribution in [-0.4, -0.2) is 42.2 Å². The number of hydrogen-bond donors (Lipinski definition) is 2. The number of nitrogens with zero attached hydrogens (tertiary/aromatic N) is 2. The van der Waals surface area contributed by atoms with Crippen molar-refractivity contribution in [1.82, 2.24) is 15.3 Å². The van der Waals surface area contributed by atoms with Crippen molar-refractivity contribution < 1.29 is 9.53 Å². The van der Waals surface area contributed by atoms with Crippen molar-refractivity contribution in [1.29, 1.82) is 0 Å². The van der Waals surface area contributed by atoms with Crippen LogP contribution in [0, 0.1) is 0 Å². The molecule has 6 nitrogen and oxygen atoms in total. The first-order chi connectivity index (χ1) is 9.79. The number of aromatic nitrogens is 2. The van der Waals surface area contributed by atoms with E-state index in [0.29, 0.717) is 24.9 Å². The van der Waals surface area contributed by atoms with E-state index in [2.05, 4.69) is 20.6 Å². The average Bonchev–Trinajstić information content (AvgIpc) is 2.49. The minimum absolute atomic E-state index is 0.198. The van der Waals surface area contributed by atoms with Crippen molar-refractivity contribution in [2.75, 3.05) is 25.6 Å². The molecule has 1 amide bonds. The Labute approximate surface area is 119 Å². The standard InChI is InChI=1S/C14H22N4O2/c1-20-8-7-15-14(19)12-9-13(17-10-16-12)18-11-5-3-2-4-6-11/h9-11H,2-8H2,1H3,(H,15,19)(H,16,17,18). The van der Waals surface area contributed by atoms with Gasteiger partial charge in [-0.15, -0.1) is 0 Å². The van der Waals surface area contributed by atoms with Crippen LogP contribution in [0.25, 0.3) is 0 Å². The summed E-state index contributed by atoms with van der Waals surface area (Å²) >= 11 is 0. The molecule has 1 heterocycles. The molecular formula is C14H22N4O2. The van der Waals surface area contributed by atoms with Gasteiger partial charge in [0, 0.05) is 25.8 Å². The second-order valence-electron chi connectivity index (χ2n) is 5.02. The van der Waals surface area contributed by atoms with Gasteiger partial charge >= 0.3 is 0 Å². The topological polar surface area (TPSA) is 76.1 Å². The number of amides is 1. The fraction of sp³-hybridized carbons (Fsp3) is 0.643. The predicted molar refractivity (Wildman–Crippen MR) is 76.7 cm³/mol. The molecule has 1 fully saturated rings. The minimum atomic E-state index is -0.198. The lowest BCUT2D eigenvalue weighted by Crippen LogP contribution is -2.28. The van der Waals surface area contributed by atoms with E-state index < -0.39 is 0 Å². The van der Waals surface area contributed by atoms with Gasteiger partial charge in [-0.3, -0.25) is 4.79 Å². The molecule has 2 N–H and O–H groups in total. The van der Waals surface area contributed by atoms with E-state index in [4.69, 9.17) is 4.74 Å². The molecular weight excluding hydrogens is 256 g/mol. The molecule has 110 valence electrons. The van der Waals surface area contributed by atoms with Crippen LogP contribution in [0.2, 0.25) is 0 Å². The van der Waals surface area contributed by atoms with Gasteiger partial charge in [-0.05, 0) is 12.8 Å². The minimum Gasteiger partial charge on any atom is -0.383 e. The molecule has 0 radical (unpaired) electrons. The summed E-state index contributed by atoms with van der Waals surface area (Å²) in [6.45, 7) is 0.967. The molecule has 1 aromatic heterocycles. The van der Waals surface area contributed by atoms with Gasteiger partial charge in [-0.25, -0.2) is 9.97 Å². The van der Waals surface area contributed by atoms with E-state index in [1.165, 1.54) is 38.4 Å². The largest absolute Gasteiger partial charge is 0.383 e. The van der Waals surface area contributed by atoms with Crippen LogP contribution >= 0.6 is 0 Å². The molecule has 20 heavy (non-hydrogen) atoms. The maximum Gasteiger partial charge on any atom is 0.270 e. The van der Waals surface area contributed by atoms with Gasteiger partial charge in [-0.2, -0.15) is 0 Å². The third-order valence-corrected chi connectivity index (χ3v) is 3.45. The lowest BCUT2D eigenvalue weighted by Gasteiger charge is -2.23. The summed E-state index contributed by atoms with van der Waals surface area (Å²) in [6.07, 6.45) is 7.59. The quantitative estimate of drug-likeness (QED) is 0.773. The highest BCUT2D eigenvalue weighted by Gasteiger charge is 2.14. The van der Waals surface area contributed by atoms with E-state index in [0.717, 1.165) is 5.82 Å². The molecule has 0 unspecified atom stereocenters. The lowest BCUT2D eigenvalue weighted by molar-refractivity contribution is 0.0932. The predicted octanol–water partition coefficient (Wildman–Crippen LogP) is 1.60. The average molecular weight is 278 g/mol. The summed E-state index contributed by atoms with van der Waals surface area (Å²) in [5.41, 5.74) is 0.384. The summed E-state index contributed by atoms with van der Waals surface area (Å²) in [6, 6.07) is 2.17. The normalized spacial score (nSPS) is 15.8. The summed E-state index contributed by atoms with van der Waals surface area (Å²) in [4.78, 5) is 20.1. The zero-order chi connectivity index (χ0) is 14.2. The van der Waals surface area contributed by atoms with Gasteiger partial charge in [0.25, 0.3) is 5.91 Å². The van der Waals surface area contributed by atoms with E-state index in [9.17, 15) is 4.79 Å². The molecule has 0 atom stereocenters. The van der Waals surface area contributed by atoms with Crippen LogP contribution in [0.1, 0.15) is 42.6 Å². The highest BCUT2D eigenvalue weighted by molar-refractivity contribution is 5.92. The van der Waals surface area contributed by atoms with Crippen LogP contribution in [-0.2, 0) is 4.74 Å². The van der Waals surface area contributed by atoms with Crippen LogP contribution in [0.5, 0.6) is 0 Å². The van der Waals surface area contributed by atoms with Gasteiger partial charge in [0.05, 0.1) is 6.61 Å². The Bertz CT molecular complexity index is 433. The summed E-state index contributed by atoms with van der Waals surface area (Å²) < 4.78 is 4.89. The molecule has 6 heteroatoms. The van der Waals surface area contributed by atoms with Crippen molar-refractivity contribution >= 4 is 11.7 Å². The number of nitrogens with one attached hydrogen (secondary N) is 2. The molecule has 2 rings (SSSR count). The Morgan fingerprint density at radius 2 is 2.15 bits per heavy atom. The molecule has 0 saturated heterocycles. The van der Waals surface area contributed by atoms with Crippen LogP contribution < -0.4 is 10.6 Å². The Morgan fingerprint density at radius 3 is 2.90 bits per heavy atom. The SMILES string of the molecule is COCCNC(=O)c1cc(NC2CCCCC2)ncn1. The van der Waals surface area contributed by atoms with E-state index in [1.807, 2.05) is 0 Å². The Balaban J connectivity index is 1.91. The molecule has 0 spiro atoms. The van der Waals surface area contributed by atoms with Crippen molar-refractivity contribution in [3.05, 3.63) is 18.1 Å². The van der Waals surface area contributed by atoms with E-state index >= 15 is 0 Å². The Hall–Kier alpha value is -1.69. The lowest BCUT2D eigenvalue weighted by atomic mass is 9.95. The number of anilines is 1. The fourth-order valence-electron chi connectivity index (χ4n) is 2.37. The second kappa shape index (κ2) is 7.79. The van der Waals surface area contributed by atoms with Crippen LogP contribution in [0.4, 0.5) is 5.82 Å². The van der Waals surface area contributed by atoms with E-state index in [-0.39, 0.29) is 5.91 Å². The zero-order valence-corrected chi connectivity index (χ0v) is 11.9. The van der Waals surface area contributed by atoms with E-state index in [1.54, 1.807) is 13.2 Å². The van der Waals surface area contributed by atoms with Crippen molar-refractivity contribution in [3.63, 3.8) is 0 Å². The highest BCUT2D eigenvalue weighted by atomic mass is 16.5. The fourth-order valence-corrected chi connectivity index (χ4v) is 2.37. The Morgan fingerprint density at radius 1 is 1.35 bits per heavy atom. The zero-order valence-electron chi connectivity index (χ0n) is 11.9. The number of hydrogen-bond acceptors (Lipinski definition) is 5. The molecule has 1 saturated carbocycles.